The summed E-state index contributed by atoms with van der Waals surface area (Å²) in [5.41, 5.74) is 3.40. The van der Waals surface area contributed by atoms with Crippen LogP contribution in [-0.2, 0) is 11.8 Å². The van der Waals surface area contributed by atoms with Crippen LogP contribution in [0.1, 0.15) is 12.0 Å². The van der Waals surface area contributed by atoms with Crippen molar-refractivity contribution in [1.82, 2.24) is 4.57 Å². The quantitative estimate of drug-likeness (QED) is 0.829. The monoisotopic (exact) mass is 261 g/mol. The van der Waals surface area contributed by atoms with Gasteiger partial charge in [0.15, 0.2) is 5.58 Å². The molecule has 0 saturated heterocycles. The van der Waals surface area contributed by atoms with E-state index in [0.717, 1.165) is 23.1 Å². The van der Waals surface area contributed by atoms with Crippen LogP contribution in [0.25, 0.3) is 16.7 Å². The summed E-state index contributed by atoms with van der Waals surface area (Å²) in [6.45, 7) is 1.27. The van der Waals surface area contributed by atoms with Gasteiger partial charge in [0.25, 0.3) is 0 Å². The average Bonchev–Trinajstić information content (AvgIpc) is 2.74. The highest BCUT2D eigenvalue weighted by atomic mass is 16.5. The lowest BCUT2D eigenvalue weighted by atomic mass is 10.0. The molecule has 0 atom stereocenters. The Hall–Kier alpha value is -2.01. The highest BCUT2D eigenvalue weighted by molar-refractivity contribution is 5.89. The molecule has 0 radical (unpaired) electrons. The third-order valence-electron chi connectivity index (χ3n) is 3.41. The molecule has 0 aliphatic carbocycles. The first kappa shape index (κ1) is 12.0. The maximum Gasteiger partial charge on any atom is 0.419 e. The van der Waals surface area contributed by atoms with E-state index in [4.69, 9.17) is 13.9 Å². The van der Waals surface area contributed by atoms with E-state index in [2.05, 4.69) is 0 Å². The number of fused-ring (bicyclic) bond motifs is 1. The second-order valence-electron chi connectivity index (χ2n) is 4.50. The fourth-order valence-corrected chi connectivity index (χ4v) is 2.33. The molecule has 0 bridgehead atoms. The zero-order chi connectivity index (χ0) is 13.4. The fourth-order valence-electron chi connectivity index (χ4n) is 2.33. The SMILES string of the molecule is COc1cc(C2=CCOCC2)c2oc(=O)n(C)c2c1. The summed E-state index contributed by atoms with van der Waals surface area (Å²) >= 11 is 0. The molecule has 0 unspecified atom stereocenters. The summed E-state index contributed by atoms with van der Waals surface area (Å²) in [6.07, 6.45) is 2.82. The summed E-state index contributed by atoms with van der Waals surface area (Å²) < 4.78 is 17.5. The van der Waals surface area contributed by atoms with E-state index in [0.29, 0.717) is 24.5 Å². The number of benzene rings is 1. The van der Waals surface area contributed by atoms with Crippen LogP contribution >= 0.6 is 0 Å². The van der Waals surface area contributed by atoms with Crippen LogP contribution in [0.4, 0.5) is 0 Å². The molecule has 1 aromatic carbocycles. The minimum atomic E-state index is -0.364. The molecule has 0 fully saturated rings. The first-order valence-electron chi connectivity index (χ1n) is 6.15. The Morgan fingerprint density at radius 2 is 2.21 bits per heavy atom. The maximum atomic E-state index is 11.7. The maximum absolute atomic E-state index is 11.7. The Labute approximate surface area is 110 Å². The number of oxazole rings is 1. The van der Waals surface area contributed by atoms with E-state index < -0.39 is 0 Å². The van der Waals surface area contributed by atoms with Gasteiger partial charge in [-0.05, 0) is 18.1 Å². The second-order valence-corrected chi connectivity index (χ2v) is 4.50. The highest BCUT2D eigenvalue weighted by Gasteiger charge is 2.17. The van der Waals surface area contributed by atoms with Gasteiger partial charge >= 0.3 is 5.76 Å². The Morgan fingerprint density at radius 3 is 2.89 bits per heavy atom. The van der Waals surface area contributed by atoms with Gasteiger partial charge in [-0.15, -0.1) is 0 Å². The van der Waals surface area contributed by atoms with E-state index in [9.17, 15) is 4.79 Å². The van der Waals surface area contributed by atoms with Crippen molar-refractivity contribution in [1.29, 1.82) is 0 Å². The molecule has 5 nitrogen and oxygen atoms in total. The number of methoxy groups -OCH3 is 1. The molecule has 0 amide bonds. The molecule has 2 aromatic rings. The van der Waals surface area contributed by atoms with Crippen molar-refractivity contribution in [3.8, 4) is 5.75 Å². The van der Waals surface area contributed by atoms with E-state index in [1.54, 1.807) is 14.2 Å². The number of rotatable bonds is 2. The van der Waals surface area contributed by atoms with Crippen molar-refractivity contribution < 1.29 is 13.9 Å². The predicted octanol–water partition coefficient (Wildman–Crippen LogP) is 1.94. The number of ether oxygens (including phenoxy) is 2. The summed E-state index contributed by atoms with van der Waals surface area (Å²) in [5, 5.41) is 0. The molecule has 1 aliphatic heterocycles. The summed E-state index contributed by atoms with van der Waals surface area (Å²) in [5.74, 6) is 0.350. The van der Waals surface area contributed by atoms with Gasteiger partial charge in [0.1, 0.15) is 5.75 Å². The summed E-state index contributed by atoms with van der Waals surface area (Å²) in [6, 6.07) is 3.71. The van der Waals surface area contributed by atoms with E-state index >= 15 is 0 Å². The molecular weight excluding hydrogens is 246 g/mol. The van der Waals surface area contributed by atoms with Gasteiger partial charge in [-0.3, -0.25) is 4.57 Å². The van der Waals surface area contributed by atoms with Gasteiger partial charge in [-0.25, -0.2) is 4.79 Å². The Morgan fingerprint density at radius 1 is 1.37 bits per heavy atom. The molecule has 3 rings (SSSR count). The third-order valence-corrected chi connectivity index (χ3v) is 3.41. The molecule has 1 aromatic heterocycles. The van der Waals surface area contributed by atoms with Crippen molar-refractivity contribution >= 4 is 16.7 Å². The normalized spacial score (nSPS) is 15.6. The van der Waals surface area contributed by atoms with Crippen LogP contribution in [0, 0.1) is 0 Å². The molecule has 1 aliphatic rings. The van der Waals surface area contributed by atoms with Gasteiger partial charge in [-0.2, -0.15) is 0 Å². The van der Waals surface area contributed by atoms with Crippen molar-refractivity contribution in [2.45, 2.75) is 6.42 Å². The highest BCUT2D eigenvalue weighted by Crippen LogP contribution is 2.32. The predicted molar refractivity (Wildman–Crippen MR) is 71.4 cm³/mol. The first-order chi connectivity index (χ1) is 9.20. The Balaban J connectivity index is 2.30. The summed E-state index contributed by atoms with van der Waals surface area (Å²) in [4.78, 5) is 11.7. The van der Waals surface area contributed by atoms with Crippen LogP contribution in [0.3, 0.4) is 0 Å². The molecule has 2 heterocycles. The molecule has 19 heavy (non-hydrogen) atoms. The van der Waals surface area contributed by atoms with Crippen molar-refractivity contribution in [3.63, 3.8) is 0 Å². The van der Waals surface area contributed by atoms with Gasteiger partial charge in [0, 0.05) is 18.7 Å². The lowest BCUT2D eigenvalue weighted by Crippen LogP contribution is -2.08. The van der Waals surface area contributed by atoms with Crippen LogP contribution in [0.5, 0.6) is 5.75 Å². The van der Waals surface area contributed by atoms with E-state index in [-0.39, 0.29) is 5.76 Å². The van der Waals surface area contributed by atoms with Crippen LogP contribution < -0.4 is 10.5 Å². The minimum absolute atomic E-state index is 0.364. The van der Waals surface area contributed by atoms with Gasteiger partial charge in [-0.1, -0.05) is 6.08 Å². The Bertz CT molecular complexity index is 708. The third kappa shape index (κ3) is 1.96. The van der Waals surface area contributed by atoms with Crippen molar-refractivity contribution in [2.75, 3.05) is 20.3 Å². The first-order valence-corrected chi connectivity index (χ1v) is 6.15. The van der Waals surface area contributed by atoms with Crippen molar-refractivity contribution in [2.24, 2.45) is 7.05 Å². The topological polar surface area (TPSA) is 53.6 Å². The molecule has 100 valence electrons. The molecule has 0 spiro atoms. The van der Waals surface area contributed by atoms with E-state index in [1.165, 1.54) is 4.57 Å². The van der Waals surface area contributed by atoms with Crippen LogP contribution in [0.2, 0.25) is 0 Å². The van der Waals surface area contributed by atoms with Gasteiger partial charge in [0.2, 0.25) is 0 Å². The van der Waals surface area contributed by atoms with Gasteiger partial charge in [0.05, 0.1) is 25.8 Å². The molecule has 0 saturated carbocycles. The van der Waals surface area contributed by atoms with E-state index in [1.807, 2.05) is 18.2 Å². The van der Waals surface area contributed by atoms with Crippen LogP contribution in [-0.4, -0.2) is 24.9 Å². The number of hydrogen-bond acceptors (Lipinski definition) is 4. The van der Waals surface area contributed by atoms with Crippen LogP contribution in [0.15, 0.2) is 27.4 Å². The molecular formula is C14H15NO4. The average molecular weight is 261 g/mol. The lowest BCUT2D eigenvalue weighted by Gasteiger charge is -2.14. The standard InChI is InChI=1S/C14H15NO4/c1-15-12-8-10(17-2)7-11(13(12)19-14(15)16)9-3-5-18-6-4-9/h3,7-8H,4-6H2,1-2H3. The zero-order valence-corrected chi connectivity index (χ0v) is 10.9. The summed E-state index contributed by atoms with van der Waals surface area (Å²) in [7, 11) is 3.30. The zero-order valence-electron chi connectivity index (χ0n) is 10.9. The minimum Gasteiger partial charge on any atom is -0.497 e. The number of aromatic nitrogens is 1. The molecule has 5 heteroatoms. The Kier molecular flexibility index (Phi) is 2.91. The van der Waals surface area contributed by atoms with Gasteiger partial charge < -0.3 is 13.9 Å². The second kappa shape index (κ2) is 4.59. The van der Waals surface area contributed by atoms with Crippen molar-refractivity contribution in [3.05, 3.63) is 34.3 Å². The fraction of sp³-hybridized carbons (Fsp3) is 0.357. The molecule has 0 N–H and O–H groups in total. The smallest absolute Gasteiger partial charge is 0.419 e. The number of nitrogens with zero attached hydrogens (tertiary/aromatic N) is 1. The lowest BCUT2D eigenvalue weighted by molar-refractivity contribution is 0.161. The largest absolute Gasteiger partial charge is 0.497 e. The number of hydrogen-bond donors (Lipinski definition) is 0. The number of aryl methyl sites for hydroxylation is 1.